The van der Waals surface area contributed by atoms with Gasteiger partial charge in [0.05, 0.1) is 9.15 Å². The van der Waals surface area contributed by atoms with Gasteiger partial charge in [0.15, 0.2) is 11.6 Å². The molecule has 2 nitrogen and oxygen atoms in total. The molecule has 0 aromatic carbocycles. The smallest absolute Gasteiger partial charge is 0.170 e. The van der Waals surface area contributed by atoms with Gasteiger partial charge in [-0.25, -0.2) is 0 Å². The van der Waals surface area contributed by atoms with Crippen LogP contribution < -0.4 is 0 Å². The summed E-state index contributed by atoms with van der Waals surface area (Å²) >= 11 is 9.62. The first-order chi connectivity index (χ1) is 5.36. The monoisotopic (exact) mass is 360 g/mol. The Labute approximate surface area is 95.8 Å². The Bertz CT molecular complexity index is 237. The number of carbonyl (C=O) groups is 2. The molecular weight excluding hydrogens is 356 g/mol. The van der Waals surface area contributed by atoms with E-state index in [2.05, 4.69) is 47.8 Å². The molecule has 0 aliphatic heterocycles. The molecule has 0 spiro atoms. The summed E-state index contributed by atoms with van der Waals surface area (Å²) in [4.78, 5) is 21.9. The van der Waals surface area contributed by atoms with Gasteiger partial charge in [-0.05, 0) is 13.3 Å². The van der Waals surface area contributed by atoms with E-state index in [0.29, 0.717) is 6.42 Å². The van der Waals surface area contributed by atoms with E-state index in [1.807, 2.05) is 0 Å². The maximum atomic E-state index is 11.5. The molecule has 1 aliphatic carbocycles. The van der Waals surface area contributed by atoms with Crippen molar-refractivity contribution in [2.24, 2.45) is 0 Å². The molecule has 0 heterocycles. The first kappa shape index (κ1) is 10.9. The lowest BCUT2D eigenvalue weighted by Gasteiger charge is -2.31. The van der Waals surface area contributed by atoms with E-state index >= 15 is 0 Å². The number of rotatable bonds is 0. The summed E-state index contributed by atoms with van der Waals surface area (Å²) in [5.41, 5.74) is 0. The van der Waals surface area contributed by atoms with Crippen molar-refractivity contribution in [3.05, 3.63) is 0 Å². The lowest BCUT2D eigenvalue weighted by Crippen LogP contribution is -2.49. The van der Waals surface area contributed by atoms with Crippen LogP contribution in [-0.4, -0.2) is 25.5 Å². The van der Waals surface area contributed by atoms with Crippen LogP contribution in [0.5, 0.6) is 0 Å². The van der Waals surface area contributed by atoms with E-state index in [-0.39, 0.29) is 16.4 Å². The Morgan fingerprint density at radius 1 is 1.42 bits per heavy atom. The average Bonchev–Trinajstić information content (AvgIpc) is 1.97. The molecule has 5 heteroatoms. The fourth-order valence-corrected chi connectivity index (χ4v) is 4.48. The second kappa shape index (κ2) is 3.50. The van der Waals surface area contributed by atoms with Crippen molar-refractivity contribution >= 4 is 59.4 Å². The lowest BCUT2D eigenvalue weighted by atomic mass is 9.88. The fraction of sp³-hybridized carbons (Fsp3) is 0.714. The van der Waals surface area contributed by atoms with Crippen LogP contribution in [0, 0.1) is 0 Å². The van der Waals surface area contributed by atoms with Gasteiger partial charge in [-0.15, -0.1) is 0 Å². The molecule has 0 N–H and O–H groups in total. The molecule has 1 saturated carbocycles. The molecule has 3 atom stereocenters. The van der Waals surface area contributed by atoms with Crippen LogP contribution in [0.1, 0.15) is 13.3 Å². The maximum Gasteiger partial charge on any atom is 0.170 e. The Morgan fingerprint density at radius 2 is 1.92 bits per heavy atom. The van der Waals surface area contributed by atoms with Crippen LogP contribution in [0.3, 0.4) is 0 Å². The van der Waals surface area contributed by atoms with Crippen LogP contribution in [-0.2, 0) is 9.59 Å². The minimum absolute atomic E-state index is 0.0862. The molecule has 0 saturated heterocycles. The van der Waals surface area contributed by atoms with Crippen molar-refractivity contribution in [2.45, 2.75) is 27.3 Å². The molecule has 68 valence electrons. The predicted molar refractivity (Wildman–Crippen MR) is 57.4 cm³/mol. The third-order valence-electron chi connectivity index (χ3n) is 1.87. The summed E-state index contributed by atoms with van der Waals surface area (Å²) in [5.74, 6) is -0.180. The zero-order valence-electron chi connectivity index (χ0n) is 6.31. The van der Waals surface area contributed by atoms with Crippen molar-refractivity contribution in [1.29, 1.82) is 0 Å². The number of Topliss-reactive ketones (excluding diaryl/α,β-unsaturated/α-hetero) is 2. The molecule has 0 bridgehead atoms. The number of carbonyl (C=O) groups excluding carboxylic acids is 2. The number of hydrogen-bond acceptors (Lipinski definition) is 2. The number of alkyl halides is 3. The highest BCUT2D eigenvalue weighted by Gasteiger charge is 2.46. The van der Waals surface area contributed by atoms with E-state index in [4.69, 9.17) is 0 Å². The van der Waals surface area contributed by atoms with Gasteiger partial charge >= 0.3 is 0 Å². The highest BCUT2D eigenvalue weighted by molar-refractivity contribution is 9.11. The molecule has 1 aliphatic rings. The molecule has 1 rings (SSSR count). The van der Waals surface area contributed by atoms with Crippen molar-refractivity contribution in [3.8, 4) is 0 Å². The van der Waals surface area contributed by atoms with Gasteiger partial charge < -0.3 is 0 Å². The first-order valence-corrected chi connectivity index (χ1v) is 6.04. The zero-order valence-corrected chi connectivity index (χ0v) is 11.1. The number of halogens is 3. The molecule has 1 fully saturated rings. The maximum absolute atomic E-state index is 11.5. The van der Waals surface area contributed by atoms with Crippen LogP contribution in [0.2, 0.25) is 0 Å². The second-order valence-corrected chi connectivity index (χ2v) is 6.77. The largest absolute Gasteiger partial charge is 0.297 e. The minimum Gasteiger partial charge on any atom is -0.297 e. The van der Waals surface area contributed by atoms with Crippen molar-refractivity contribution in [1.82, 2.24) is 0 Å². The molecule has 0 aromatic heterocycles. The van der Waals surface area contributed by atoms with Gasteiger partial charge in [-0.3, -0.25) is 9.59 Å². The Morgan fingerprint density at radius 3 is 2.42 bits per heavy atom. The van der Waals surface area contributed by atoms with Crippen LogP contribution >= 0.6 is 47.8 Å². The van der Waals surface area contributed by atoms with Crippen LogP contribution in [0.25, 0.3) is 0 Å². The number of hydrogen-bond donors (Lipinski definition) is 0. The zero-order chi connectivity index (χ0) is 9.52. The molecule has 3 unspecified atom stereocenters. The van der Waals surface area contributed by atoms with E-state index in [9.17, 15) is 9.59 Å². The lowest BCUT2D eigenvalue weighted by molar-refractivity contribution is -0.129. The Hall–Kier alpha value is 0.780. The average molecular weight is 363 g/mol. The highest BCUT2D eigenvalue weighted by atomic mass is 79.9. The quantitative estimate of drug-likeness (QED) is 0.489. The molecule has 0 radical (unpaired) electrons. The fourth-order valence-electron chi connectivity index (χ4n) is 1.09. The summed E-state index contributed by atoms with van der Waals surface area (Å²) < 4.78 is -0.580. The third-order valence-corrected chi connectivity index (χ3v) is 4.22. The van der Waals surface area contributed by atoms with Gasteiger partial charge in [0.2, 0.25) is 0 Å². The summed E-state index contributed by atoms with van der Waals surface area (Å²) in [7, 11) is 0. The molecular formula is C7H7Br3O2. The van der Waals surface area contributed by atoms with Crippen LogP contribution in [0.4, 0.5) is 0 Å². The van der Waals surface area contributed by atoms with Gasteiger partial charge in [0.25, 0.3) is 0 Å². The van der Waals surface area contributed by atoms with Gasteiger partial charge in [0, 0.05) is 0 Å². The summed E-state index contributed by atoms with van der Waals surface area (Å²) in [5, 5.41) is 0. The van der Waals surface area contributed by atoms with E-state index in [0.717, 1.165) is 0 Å². The summed E-state index contributed by atoms with van der Waals surface area (Å²) in [6.45, 7) is 1.78. The summed E-state index contributed by atoms with van der Waals surface area (Å²) in [6, 6.07) is 0. The summed E-state index contributed by atoms with van der Waals surface area (Å²) in [6.07, 6.45) is 0.507. The van der Waals surface area contributed by atoms with Crippen molar-refractivity contribution in [2.75, 3.05) is 0 Å². The first-order valence-electron chi connectivity index (χ1n) is 3.41. The van der Waals surface area contributed by atoms with E-state index in [1.165, 1.54) is 0 Å². The van der Waals surface area contributed by atoms with E-state index in [1.54, 1.807) is 6.92 Å². The second-order valence-electron chi connectivity index (χ2n) is 3.00. The third kappa shape index (κ3) is 1.82. The topological polar surface area (TPSA) is 34.1 Å². The molecule has 0 amide bonds. The van der Waals surface area contributed by atoms with Gasteiger partial charge in [0.1, 0.15) is 4.83 Å². The van der Waals surface area contributed by atoms with Crippen LogP contribution in [0.15, 0.2) is 0 Å². The molecule has 12 heavy (non-hydrogen) atoms. The molecule has 0 aromatic rings. The van der Waals surface area contributed by atoms with Gasteiger partial charge in [-0.1, -0.05) is 47.8 Å². The van der Waals surface area contributed by atoms with Crippen molar-refractivity contribution in [3.63, 3.8) is 0 Å². The van der Waals surface area contributed by atoms with Gasteiger partial charge in [-0.2, -0.15) is 0 Å². The standard InChI is InChI=1S/C7H7Br3O2/c1-7(10)2-3(8)5(11)4(9)6(7)12/h3-4H,2H2,1H3. The predicted octanol–water partition coefficient (Wildman–Crippen LogP) is 2.21. The Kier molecular flexibility index (Phi) is 3.17. The number of ketones is 2. The minimum atomic E-state index is -0.667. The van der Waals surface area contributed by atoms with E-state index < -0.39 is 9.15 Å². The Balaban J connectivity index is 2.93. The highest BCUT2D eigenvalue weighted by Crippen LogP contribution is 2.36. The van der Waals surface area contributed by atoms with Crippen molar-refractivity contribution < 1.29 is 9.59 Å². The SMILES string of the molecule is CC1(Br)CC(Br)C(=O)C(Br)C1=O. The normalized spacial score (nSPS) is 43.3.